The van der Waals surface area contributed by atoms with E-state index in [9.17, 15) is 4.79 Å². The Balaban J connectivity index is 1.31. The molecule has 1 aromatic carbocycles. The van der Waals surface area contributed by atoms with Crippen molar-refractivity contribution in [2.75, 3.05) is 19.8 Å². The van der Waals surface area contributed by atoms with Crippen molar-refractivity contribution in [3.63, 3.8) is 0 Å². The van der Waals surface area contributed by atoms with Crippen LogP contribution in [0.15, 0.2) is 63.8 Å². The summed E-state index contributed by atoms with van der Waals surface area (Å²) in [5.74, 6) is 2.15. The molecule has 0 aliphatic heterocycles. The van der Waals surface area contributed by atoms with Gasteiger partial charge in [0.1, 0.15) is 17.3 Å². The van der Waals surface area contributed by atoms with E-state index in [0.29, 0.717) is 32.7 Å². The Morgan fingerprint density at radius 2 is 1.65 bits per heavy atom. The van der Waals surface area contributed by atoms with Crippen LogP contribution in [0.5, 0.6) is 5.75 Å². The third-order valence-electron chi connectivity index (χ3n) is 5.11. The minimum absolute atomic E-state index is 0.330. The fourth-order valence-corrected chi connectivity index (χ4v) is 3.71. The van der Waals surface area contributed by atoms with E-state index in [4.69, 9.17) is 23.0 Å². The molecule has 0 N–H and O–H groups in total. The van der Waals surface area contributed by atoms with Gasteiger partial charge < -0.3 is 23.0 Å². The van der Waals surface area contributed by atoms with Crippen LogP contribution in [0.25, 0.3) is 16.7 Å². The van der Waals surface area contributed by atoms with Crippen LogP contribution >= 0.6 is 0 Å². The Bertz CT molecular complexity index is 998. The van der Waals surface area contributed by atoms with Crippen LogP contribution in [-0.2, 0) is 20.7 Å². The normalized spacial score (nSPS) is 12.9. The quantitative estimate of drug-likeness (QED) is 0.256. The zero-order chi connectivity index (χ0) is 21.6. The molecule has 1 aliphatic carbocycles. The maximum Gasteiger partial charge on any atom is 0.335 e. The van der Waals surface area contributed by atoms with Crippen LogP contribution in [0.3, 0.4) is 0 Å². The summed E-state index contributed by atoms with van der Waals surface area (Å²) in [5.41, 5.74) is 4.10. The molecule has 1 atom stereocenters. The molecule has 6 nitrogen and oxygen atoms in total. The summed E-state index contributed by atoms with van der Waals surface area (Å²) in [7, 11) is 0. The zero-order valence-corrected chi connectivity index (χ0v) is 17.8. The number of esters is 1. The Labute approximate surface area is 181 Å². The van der Waals surface area contributed by atoms with E-state index in [1.165, 1.54) is 0 Å². The minimum Gasteiger partial charge on any atom is -0.493 e. The van der Waals surface area contributed by atoms with Gasteiger partial charge in [-0.3, -0.25) is 0 Å². The number of benzene rings is 1. The van der Waals surface area contributed by atoms with Crippen molar-refractivity contribution in [2.45, 2.75) is 32.8 Å². The summed E-state index contributed by atoms with van der Waals surface area (Å²) in [6.45, 7) is 4.98. The molecule has 0 fully saturated rings. The summed E-state index contributed by atoms with van der Waals surface area (Å²) >= 11 is 0. The predicted octanol–water partition coefficient (Wildman–Crippen LogP) is 5.26. The van der Waals surface area contributed by atoms with Crippen LogP contribution in [0, 0.1) is 0 Å². The highest BCUT2D eigenvalue weighted by Gasteiger charge is 2.29. The number of carbonyl (C=O) groups excluding carboxylic acids is 1. The summed E-state index contributed by atoms with van der Waals surface area (Å²) in [5, 5.41) is 0. The maximum atomic E-state index is 12.0. The molecule has 0 saturated carbocycles. The molecule has 162 valence electrons. The highest BCUT2D eigenvalue weighted by Crippen LogP contribution is 2.45. The van der Waals surface area contributed by atoms with Crippen molar-refractivity contribution in [1.29, 1.82) is 0 Å². The smallest absolute Gasteiger partial charge is 0.335 e. The lowest BCUT2D eigenvalue weighted by atomic mass is 10.1. The SMILES string of the molecule is CCOC(=O)C(Cc1ccc(OCCC=C2c3occc3-c3ccoc32)cc1)OCC. The Hall–Kier alpha value is -3.25. The van der Waals surface area contributed by atoms with Gasteiger partial charge in [0.15, 0.2) is 6.10 Å². The molecule has 31 heavy (non-hydrogen) atoms. The van der Waals surface area contributed by atoms with Gasteiger partial charge in [-0.25, -0.2) is 4.79 Å². The number of hydrogen-bond acceptors (Lipinski definition) is 6. The monoisotopic (exact) mass is 422 g/mol. The minimum atomic E-state index is -0.590. The number of rotatable bonds is 10. The van der Waals surface area contributed by atoms with Crippen molar-refractivity contribution in [3.05, 3.63) is 72.1 Å². The van der Waals surface area contributed by atoms with Gasteiger partial charge in [0.25, 0.3) is 0 Å². The van der Waals surface area contributed by atoms with Gasteiger partial charge in [0.2, 0.25) is 0 Å². The second-order valence-corrected chi connectivity index (χ2v) is 7.13. The maximum absolute atomic E-state index is 12.0. The molecule has 0 amide bonds. The highest BCUT2D eigenvalue weighted by molar-refractivity contribution is 5.97. The van der Waals surface area contributed by atoms with E-state index < -0.39 is 6.10 Å². The van der Waals surface area contributed by atoms with E-state index in [2.05, 4.69) is 6.08 Å². The zero-order valence-electron chi connectivity index (χ0n) is 17.8. The largest absolute Gasteiger partial charge is 0.493 e. The molecule has 2 aromatic heterocycles. The van der Waals surface area contributed by atoms with Gasteiger partial charge in [-0.2, -0.15) is 0 Å². The van der Waals surface area contributed by atoms with Crippen molar-refractivity contribution in [3.8, 4) is 16.9 Å². The number of carbonyl (C=O) groups is 1. The summed E-state index contributed by atoms with van der Waals surface area (Å²) < 4.78 is 27.7. The van der Waals surface area contributed by atoms with Gasteiger partial charge in [-0.1, -0.05) is 18.2 Å². The average molecular weight is 422 g/mol. The second-order valence-electron chi connectivity index (χ2n) is 7.13. The third-order valence-corrected chi connectivity index (χ3v) is 5.11. The molecule has 0 spiro atoms. The molecule has 2 heterocycles. The molecule has 0 radical (unpaired) electrons. The van der Waals surface area contributed by atoms with E-state index in [-0.39, 0.29) is 5.97 Å². The lowest BCUT2D eigenvalue weighted by Gasteiger charge is -2.15. The van der Waals surface area contributed by atoms with Gasteiger partial charge in [-0.05, 0) is 43.7 Å². The fourth-order valence-electron chi connectivity index (χ4n) is 3.71. The van der Waals surface area contributed by atoms with Crippen molar-refractivity contribution in [2.24, 2.45) is 0 Å². The van der Waals surface area contributed by atoms with Gasteiger partial charge >= 0.3 is 5.97 Å². The average Bonchev–Trinajstić information content (AvgIpc) is 3.48. The topological polar surface area (TPSA) is 71.0 Å². The Morgan fingerprint density at radius 3 is 2.26 bits per heavy atom. The van der Waals surface area contributed by atoms with E-state index >= 15 is 0 Å². The standard InChI is InChI=1S/C25H26O6/c1-3-27-22(25(26)28-4-2)16-17-7-9-18(10-8-17)29-13-5-6-21-23-19(11-14-30-23)20-12-15-31-24(20)21/h6-12,14-15,22H,3-5,13,16H2,1-2H3. The van der Waals surface area contributed by atoms with Gasteiger partial charge in [0, 0.05) is 30.6 Å². The molecule has 3 aromatic rings. The van der Waals surface area contributed by atoms with Crippen LogP contribution in [0.1, 0.15) is 37.4 Å². The van der Waals surface area contributed by atoms with Crippen LogP contribution in [0.2, 0.25) is 0 Å². The first-order chi connectivity index (χ1) is 15.2. The predicted molar refractivity (Wildman–Crippen MR) is 116 cm³/mol. The van der Waals surface area contributed by atoms with Gasteiger partial charge in [0.05, 0.1) is 31.3 Å². The van der Waals surface area contributed by atoms with Crippen molar-refractivity contribution >= 4 is 11.5 Å². The lowest BCUT2D eigenvalue weighted by molar-refractivity contribution is -0.156. The second kappa shape index (κ2) is 9.71. The molecule has 0 bridgehead atoms. The van der Waals surface area contributed by atoms with Crippen LogP contribution < -0.4 is 4.74 Å². The molecule has 0 saturated heterocycles. The fraction of sp³-hybridized carbons (Fsp3) is 0.320. The number of furan rings is 2. The summed E-state index contributed by atoms with van der Waals surface area (Å²) in [6, 6.07) is 11.6. The van der Waals surface area contributed by atoms with Crippen molar-refractivity contribution < 1.29 is 27.8 Å². The molecule has 4 rings (SSSR count). The Morgan fingerprint density at radius 1 is 0.968 bits per heavy atom. The van der Waals surface area contributed by atoms with E-state index in [1.54, 1.807) is 19.5 Å². The third kappa shape index (κ3) is 4.59. The first-order valence-corrected chi connectivity index (χ1v) is 10.6. The van der Waals surface area contributed by atoms with Gasteiger partial charge in [-0.15, -0.1) is 0 Å². The van der Waals surface area contributed by atoms with Crippen LogP contribution in [-0.4, -0.2) is 31.9 Å². The summed E-state index contributed by atoms with van der Waals surface area (Å²) in [4.78, 5) is 12.0. The molecule has 6 heteroatoms. The molecular formula is C25H26O6. The molecule has 1 unspecified atom stereocenters. The summed E-state index contributed by atoms with van der Waals surface area (Å²) in [6.07, 6.45) is 6.07. The number of hydrogen-bond donors (Lipinski definition) is 0. The van der Waals surface area contributed by atoms with E-state index in [1.807, 2.05) is 43.3 Å². The first-order valence-electron chi connectivity index (χ1n) is 10.6. The highest BCUT2D eigenvalue weighted by atomic mass is 16.6. The molecular weight excluding hydrogens is 396 g/mol. The molecule has 1 aliphatic rings. The first kappa shape index (κ1) is 21.0. The lowest BCUT2D eigenvalue weighted by Crippen LogP contribution is -2.28. The number of fused-ring (bicyclic) bond motifs is 3. The van der Waals surface area contributed by atoms with Crippen LogP contribution in [0.4, 0.5) is 0 Å². The Kier molecular flexibility index (Phi) is 6.57. The van der Waals surface area contributed by atoms with E-state index in [0.717, 1.165) is 39.5 Å². The number of ether oxygens (including phenoxy) is 3. The van der Waals surface area contributed by atoms with Crippen molar-refractivity contribution in [1.82, 2.24) is 0 Å².